The van der Waals surface area contributed by atoms with Crippen molar-refractivity contribution in [2.45, 2.75) is 19.9 Å². The van der Waals surface area contributed by atoms with Crippen molar-refractivity contribution >= 4 is 38.7 Å². The van der Waals surface area contributed by atoms with Crippen molar-refractivity contribution < 1.29 is 13.9 Å². The molecule has 0 amide bonds. The number of carbonyl (C=O) groups excluding carboxylic acids is 1. The molecule has 0 aliphatic rings. The molecule has 0 unspecified atom stereocenters. The van der Waals surface area contributed by atoms with Crippen LogP contribution in [0.15, 0.2) is 78.8 Å². The lowest BCUT2D eigenvalue weighted by Gasteiger charge is -2.20. The highest BCUT2D eigenvalue weighted by Gasteiger charge is 2.20. The Morgan fingerprint density at radius 1 is 1.15 bits per heavy atom. The first-order chi connectivity index (χ1) is 16.0. The number of thiazole rings is 1. The maximum absolute atomic E-state index is 14.0. The summed E-state index contributed by atoms with van der Waals surface area (Å²) in [7, 11) is 0. The number of hydrogen-bond donors (Lipinski definition) is 1. The van der Waals surface area contributed by atoms with Crippen LogP contribution in [0.4, 0.5) is 4.39 Å². The molecule has 2 N–H and O–H groups in total. The molecule has 0 saturated carbocycles. The Morgan fingerprint density at radius 2 is 1.97 bits per heavy atom. The van der Waals surface area contributed by atoms with Gasteiger partial charge in [-0.1, -0.05) is 43.8 Å². The van der Waals surface area contributed by atoms with Crippen molar-refractivity contribution in [1.29, 1.82) is 0 Å². The first-order valence-electron chi connectivity index (χ1n) is 10.5. The van der Waals surface area contributed by atoms with Crippen LogP contribution in [0.5, 0.6) is 5.75 Å². The first kappa shape index (κ1) is 22.6. The topological polar surface area (TPSA) is 65.2 Å². The lowest BCUT2D eigenvalue weighted by molar-refractivity contribution is -0.128. The number of nitrogens with two attached hydrogens (primary N) is 1. The van der Waals surface area contributed by atoms with E-state index in [0.717, 1.165) is 44.1 Å². The highest BCUT2D eigenvalue weighted by molar-refractivity contribution is 7.16. The molecular formula is C27H23FN2O2S. The van der Waals surface area contributed by atoms with Gasteiger partial charge in [0.05, 0.1) is 15.7 Å². The van der Waals surface area contributed by atoms with Crippen LogP contribution in [0.3, 0.4) is 0 Å². The van der Waals surface area contributed by atoms with Gasteiger partial charge < -0.3 is 10.5 Å². The number of rotatable bonds is 7. The van der Waals surface area contributed by atoms with Gasteiger partial charge in [0.25, 0.3) is 0 Å². The number of fused-ring (bicyclic) bond motifs is 1. The number of nitrogens with zero attached hydrogens (tertiary/aromatic N) is 1. The maximum atomic E-state index is 14.0. The van der Waals surface area contributed by atoms with Gasteiger partial charge in [-0.25, -0.2) is 14.2 Å². The van der Waals surface area contributed by atoms with Crippen molar-refractivity contribution in [3.05, 3.63) is 107 Å². The minimum absolute atomic E-state index is 0.197. The molecule has 0 bridgehead atoms. The Bertz CT molecular complexity index is 1370. The minimum Gasteiger partial charge on any atom is -0.423 e. The quantitative estimate of drug-likeness (QED) is 0.152. The van der Waals surface area contributed by atoms with E-state index in [1.807, 2.05) is 48.8 Å². The van der Waals surface area contributed by atoms with E-state index in [1.54, 1.807) is 23.5 Å². The normalized spacial score (nSPS) is 11.8. The lowest BCUT2D eigenvalue weighted by Crippen LogP contribution is -2.07. The molecule has 6 heteroatoms. The Balaban J connectivity index is 2.06. The van der Waals surface area contributed by atoms with Crippen LogP contribution in [0.2, 0.25) is 0 Å². The van der Waals surface area contributed by atoms with Gasteiger partial charge in [0.1, 0.15) is 11.6 Å². The summed E-state index contributed by atoms with van der Waals surface area (Å²) in [6, 6.07) is 18.1. The Kier molecular flexibility index (Phi) is 6.77. The third-order valence-electron chi connectivity index (χ3n) is 5.42. The summed E-state index contributed by atoms with van der Waals surface area (Å²) in [5.74, 6) is -0.460. The fraction of sp³-hybridized carbons (Fsp3) is 0.111. The van der Waals surface area contributed by atoms with E-state index in [2.05, 4.69) is 11.6 Å². The maximum Gasteiger partial charge on any atom is 0.335 e. The largest absolute Gasteiger partial charge is 0.423 e. The van der Waals surface area contributed by atoms with Gasteiger partial charge in [0.2, 0.25) is 0 Å². The summed E-state index contributed by atoms with van der Waals surface area (Å²) < 4.78 is 20.7. The number of aromatic nitrogens is 1. The number of para-hydroxylation sites is 1. The summed E-state index contributed by atoms with van der Waals surface area (Å²) in [5, 5.41) is 0. The van der Waals surface area contributed by atoms with Crippen LogP contribution in [0.25, 0.3) is 21.4 Å². The average Bonchev–Trinajstić information content (AvgIpc) is 3.31. The molecule has 0 spiro atoms. The fourth-order valence-corrected chi connectivity index (χ4v) is 4.60. The molecule has 1 heterocycles. The third-order valence-corrected chi connectivity index (χ3v) is 6.23. The van der Waals surface area contributed by atoms with Crippen LogP contribution in [0, 0.1) is 5.82 Å². The molecule has 0 saturated heterocycles. The molecule has 0 aliphatic carbocycles. The van der Waals surface area contributed by atoms with Gasteiger partial charge in [-0.05, 0) is 64.6 Å². The number of halogens is 1. The number of carbonyl (C=O) groups is 1. The number of benzene rings is 3. The van der Waals surface area contributed by atoms with Crippen LogP contribution in [0.1, 0.15) is 35.6 Å². The van der Waals surface area contributed by atoms with Gasteiger partial charge in [-0.15, -0.1) is 11.3 Å². The predicted molar refractivity (Wildman–Crippen MR) is 132 cm³/mol. The number of hydrogen-bond acceptors (Lipinski definition) is 5. The van der Waals surface area contributed by atoms with Gasteiger partial charge in [-0.3, -0.25) is 0 Å². The number of ether oxygens (including phenoxy) is 1. The lowest BCUT2D eigenvalue weighted by atomic mass is 9.86. The fourth-order valence-electron chi connectivity index (χ4n) is 3.95. The monoisotopic (exact) mass is 458 g/mol. The summed E-state index contributed by atoms with van der Waals surface area (Å²) in [5.41, 5.74) is 13.7. The highest BCUT2D eigenvalue weighted by Crippen LogP contribution is 2.40. The van der Waals surface area contributed by atoms with Crippen LogP contribution >= 0.6 is 11.3 Å². The average molecular weight is 459 g/mol. The number of allylic oxidation sites excluding steroid dienone is 1. The van der Waals surface area contributed by atoms with Crippen molar-refractivity contribution in [2.75, 3.05) is 0 Å². The van der Waals surface area contributed by atoms with Crippen LogP contribution in [-0.2, 0) is 11.3 Å². The van der Waals surface area contributed by atoms with Crippen LogP contribution in [-0.4, -0.2) is 11.0 Å². The van der Waals surface area contributed by atoms with Crippen molar-refractivity contribution in [1.82, 2.24) is 4.98 Å². The molecular weight excluding hydrogens is 435 g/mol. The SMILES string of the molecule is C=CC(=O)Oc1ccccc1/C(=C(\CC)c1ccc(F)cc1CN)c1ccc2scnc2c1. The smallest absolute Gasteiger partial charge is 0.335 e. The second kappa shape index (κ2) is 9.90. The first-order valence-corrected chi connectivity index (χ1v) is 11.4. The summed E-state index contributed by atoms with van der Waals surface area (Å²) in [6.07, 6.45) is 1.78. The molecule has 0 atom stereocenters. The standard InChI is InChI=1S/C27H23FN2O2S/c1-3-20(21-11-10-19(28)13-18(21)15-29)27(17-9-12-25-23(14-17)30-16-33-25)22-7-5-6-8-24(22)32-26(31)4-2/h4-14,16H,2-3,15,29H2,1H3/b27-20+. The molecule has 4 aromatic rings. The van der Waals surface area contributed by atoms with E-state index in [4.69, 9.17) is 10.5 Å². The summed E-state index contributed by atoms with van der Waals surface area (Å²) in [4.78, 5) is 16.5. The second-order valence-electron chi connectivity index (χ2n) is 7.37. The Hall–Kier alpha value is -3.61. The Morgan fingerprint density at radius 3 is 2.73 bits per heavy atom. The second-order valence-corrected chi connectivity index (χ2v) is 8.26. The third kappa shape index (κ3) is 4.62. The van der Waals surface area contributed by atoms with Gasteiger partial charge in [-0.2, -0.15) is 0 Å². The minimum atomic E-state index is -0.542. The van der Waals surface area contributed by atoms with Gasteiger partial charge in [0, 0.05) is 18.2 Å². The van der Waals surface area contributed by atoms with Gasteiger partial charge in [0.15, 0.2) is 0 Å². The van der Waals surface area contributed by atoms with Gasteiger partial charge >= 0.3 is 5.97 Å². The molecule has 4 rings (SSSR count). The molecule has 0 fully saturated rings. The molecule has 33 heavy (non-hydrogen) atoms. The zero-order valence-electron chi connectivity index (χ0n) is 18.2. The molecule has 1 aromatic heterocycles. The zero-order chi connectivity index (χ0) is 23.4. The van der Waals surface area contributed by atoms with E-state index in [-0.39, 0.29) is 12.4 Å². The molecule has 0 aliphatic heterocycles. The van der Waals surface area contributed by atoms with E-state index in [9.17, 15) is 9.18 Å². The number of esters is 1. The van der Waals surface area contributed by atoms with E-state index in [1.165, 1.54) is 12.1 Å². The van der Waals surface area contributed by atoms with Crippen molar-refractivity contribution in [3.63, 3.8) is 0 Å². The van der Waals surface area contributed by atoms with Crippen molar-refractivity contribution in [3.8, 4) is 5.75 Å². The van der Waals surface area contributed by atoms with E-state index in [0.29, 0.717) is 17.7 Å². The van der Waals surface area contributed by atoms with Crippen LogP contribution < -0.4 is 10.5 Å². The highest BCUT2D eigenvalue weighted by atomic mass is 32.1. The summed E-state index contributed by atoms with van der Waals surface area (Å²) >= 11 is 1.57. The Labute approximate surface area is 195 Å². The summed E-state index contributed by atoms with van der Waals surface area (Å²) in [6.45, 7) is 5.74. The zero-order valence-corrected chi connectivity index (χ0v) is 19.0. The molecule has 3 aromatic carbocycles. The molecule has 0 radical (unpaired) electrons. The van der Waals surface area contributed by atoms with E-state index >= 15 is 0 Å². The van der Waals surface area contributed by atoms with Crippen molar-refractivity contribution in [2.24, 2.45) is 5.73 Å². The molecule has 166 valence electrons. The molecule has 4 nitrogen and oxygen atoms in total. The predicted octanol–water partition coefficient (Wildman–Crippen LogP) is 6.35. The van der Waals surface area contributed by atoms with E-state index < -0.39 is 5.97 Å².